The highest BCUT2D eigenvalue weighted by Gasteiger charge is 2.23. The van der Waals surface area contributed by atoms with Gasteiger partial charge in [0.2, 0.25) is 10.0 Å². The Morgan fingerprint density at radius 1 is 1.45 bits per heavy atom. The Morgan fingerprint density at radius 3 is 2.75 bits per heavy atom. The number of aromatic nitrogens is 3. The van der Waals surface area contributed by atoms with Gasteiger partial charge in [0.05, 0.1) is 10.9 Å². The van der Waals surface area contributed by atoms with Gasteiger partial charge in [-0.05, 0) is 41.1 Å². The van der Waals surface area contributed by atoms with Crippen molar-refractivity contribution in [1.29, 1.82) is 0 Å². The van der Waals surface area contributed by atoms with Crippen molar-refractivity contribution in [2.24, 2.45) is 7.05 Å². The van der Waals surface area contributed by atoms with Gasteiger partial charge in [0.1, 0.15) is 12.2 Å². The molecule has 108 valence electrons. The number of nitrogens with zero attached hydrogens (tertiary/aromatic N) is 3. The Hall–Kier alpha value is -1.45. The van der Waals surface area contributed by atoms with E-state index in [2.05, 4.69) is 30.8 Å². The standard InChI is InChI=1S/C11H14BrN5O2S/c1-7(11-15-14-6-17(11)2)16-20(18,19)10-5-8(13)3-4-9(10)12/h3-7,16H,13H2,1-2H3. The molecular formula is C11H14BrN5O2S. The summed E-state index contributed by atoms with van der Waals surface area (Å²) in [6, 6.07) is 4.10. The predicted molar refractivity (Wildman–Crippen MR) is 78.3 cm³/mol. The van der Waals surface area contributed by atoms with Crippen molar-refractivity contribution >= 4 is 31.6 Å². The number of aryl methyl sites for hydroxylation is 1. The van der Waals surface area contributed by atoms with Crippen molar-refractivity contribution in [3.8, 4) is 0 Å². The Balaban J connectivity index is 2.32. The van der Waals surface area contributed by atoms with E-state index in [4.69, 9.17) is 5.73 Å². The van der Waals surface area contributed by atoms with Crippen molar-refractivity contribution in [1.82, 2.24) is 19.5 Å². The molecule has 3 N–H and O–H groups in total. The zero-order valence-corrected chi connectivity index (χ0v) is 13.3. The van der Waals surface area contributed by atoms with E-state index < -0.39 is 16.1 Å². The van der Waals surface area contributed by atoms with Gasteiger partial charge >= 0.3 is 0 Å². The second-order valence-electron chi connectivity index (χ2n) is 4.33. The molecule has 2 aromatic rings. The van der Waals surface area contributed by atoms with E-state index in [-0.39, 0.29) is 4.90 Å². The molecule has 20 heavy (non-hydrogen) atoms. The van der Waals surface area contributed by atoms with Crippen LogP contribution in [0.2, 0.25) is 0 Å². The van der Waals surface area contributed by atoms with Crippen molar-refractivity contribution in [2.45, 2.75) is 17.9 Å². The minimum Gasteiger partial charge on any atom is -0.399 e. The fraction of sp³-hybridized carbons (Fsp3) is 0.273. The third kappa shape index (κ3) is 3.00. The molecule has 1 aromatic heterocycles. The largest absolute Gasteiger partial charge is 0.399 e. The minimum absolute atomic E-state index is 0.0894. The summed E-state index contributed by atoms with van der Waals surface area (Å²) in [5.41, 5.74) is 6.01. The SMILES string of the molecule is CC(NS(=O)(=O)c1cc(N)ccc1Br)c1nncn1C. The molecule has 9 heteroatoms. The molecule has 0 amide bonds. The number of nitrogens with two attached hydrogens (primary N) is 1. The zero-order valence-electron chi connectivity index (χ0n) is 10.9. The first-order valence-corrected chi connectivity index (χ1v) is 8.00. The molecule has 1 heterocycles. The van der Waals surface area contributed by atoms with Crippen LogP contribution in [0.1, 0.15) is 18.8 Å². The average Bonchev–Trinajstić information content (AvgIpc) is 2.78. The molecule has 0 saturated heterocycles. The molecule has 7 nitrogen and oxygen atoms in total. The first-order valence-electron chi connectivity index (χ1n) is 5.72. The van der Waals surface area contributed by atoms with Gasteiger partial charge in [-0.3, -0.25) is 0 Å². The maximum Gasteiger partial charge on any atom is 0.242 e. The van der Waals surface area contributed by atoms with Crippen LogP contribution in [0, 0.1) is 0 Å². The number of anilines is 1. The third-order valence-electron chi connectivity index (χ3n) is 2.71. The molecule has 0 fully saturated rings. The molecule has 1 aromatic carbocycles. The van der Waals surface area contributed by atoms with Crippen molar-refractivity contribution in [3.63, 3.8) is 0 Å². The predicted octanol–water partition coefficient (Wildman–Crippen LogP) is 1.20. The number of hydrogen-bond acceptors (Lipinski definition) is 5. The number of benzene rings is 1. The van der Waals surface area contributed by atoms with E-state index in [1.165, 1.54) is 12.4 Å². The average molecular weight is 360 g/mol. The lowest BCUT2D eigenvalue weighted by atomic mass is 10.3. The monoisotopic (exact) mass is 359 g/mol. The summed E-state index contributed by atoms with van der Waals surface area (Å²) in [5.74, 6) is 0.522. The molecule has 0 radical (unpaired) electrons. The maximum atomic E-state index is 12.4. The van der Waals surface area contributed by atoms with Gasteiger partial charge in [-0.25, -0.2) is 13.1 Å². The van der Waals surface area contributed by atoms with Crippen LogP contribution >= 0.6 is 15.9 Å². The fourth-order valence-corrected chi connectivity index (χ4v) is 3.96. The van der Waals surface area contributed by atoms with Gasteiger partial charge in [0.15, 0.2) is 0 Å². The van der Waals surface area contributed by atoms with Crippen LogP contribution in [0.4, 0.5) is 5.69 Å². The second-order valence-corrected chi connectivity index (χ2v) is 6.87. The van der Waals surface area contributed by atoms with Gasteiger partial charge in [-0.15, -0.1) is 10.2 Å². The molecular weight excluding hydrogens is 346 g/mol. The first kappa shape index (κ1) is 14.9. The molecule has 0 aliphatic heterocycles. The number of sulfonamides is 1. The van der Waals surface area contributed by atoms with Crippen LogP contribution in [0.25, 0.3) is 0 Å². The molecule has 0 aliphatic carbocycles. The van der Waals surface area contributed by atoms with Crippen LogP contribution in [-0.4, -0.2) is 23.2 Å². The lowest BCUT2D eigenvalue weighted by Crippen LogP contribution is -2.29. The lowest BCUT2D eigenvalue weighted by molar-refractivity contribution is 0.553. The number of rotatable bonds is 4. The summed E-state index contributed by atoms with van der Waals surface area (Å²) in [6.45, 7) is 1.70. The van der Waals surface area contributed by atoms with E-state index in [1.54, 1.807) is 30.7 Å². The molecule has 0 spiro atoms. The highest BCUT2D eigenvalue weighted by Crippen LogP contribution is 2.25. The molecule has 1 unspecified atom stereocenters. The Labute approximate surface area is 125 Å². The zero-order chi connectivity index (χ0) is 14.9. The van der Waals surface area contributed by atoms with Crippen LogP contribution in [0.15, 0.2) is 33.9 Å². The van der Waals surface area contributed by atoms with Crippen LogP contribution in [0.5, 0.6) is 0 Å². The highest BCUT2D eigenvalue weighted by atomic mass is 79.9. The van der Waals surface area contributed by atoms with Crippen LogP contribution in [0.3, 0.4) is 0 Å². The summed E-state index contributed by atoms with van der Waals surface area (Å²) in [5, 5.41) is 7.61. The fourth-order valence-electron chi connectivity index (χ4n) is 1.76. The van der Waals surface area contributed by atoms with Crippen LogP contribution in [-0.2, 0) is 17.1 Å². The molecule has 0 aliphatic rings. The number of nitrogens with one attached hydrogen (secondary N) is 1. The van der Waals surface area contributed by atoms with E-state index >= 15 is 0 Å². The smallest absolute Gasteiger partial charge is 0.242 e. The number of hydrogen-bond donors (Lipinski definition) is 2. The van der Waals surface area contributed by atoms with Gasteiger partial charge in [0, 0.05) is 17.2 Å². The maximum absolute atomic E-state index is 12.4. The molecule has 1 atom stereocenters. The second kappa shape index (κ2) is 5.51. The van der Waals surface area contributed by atoms with Crippen LogP contribution < -0.4 is 10.5 Å². The summed E-state index contributed by atoms with van der Waals surface area (Å²) in [7, 11) is -1.97. The normalized spacial score (nSPS) is 13.3. The summed E-state index contributed by atoms with van der Waals surface area (Å²) in [6.07, 6.45) is 1.51. The Kier molecular flexibility index (Phi) is 4.11. The molecule has 2 rings (SSSR count). The van der Waals surface area contributed by atoms with Crippen molar-refractivity contribution in [2.75, 3.05) is 5.73 Å². The van der Waals surface area contributed by atoms with Gasteiger partial charge in [-0.1, -0.05) is 0 Å². The van der Waals surface area contributed by atoms with E-state index in [0.717, 1.165) is 0 Å². The lowest BCUT2D eigenvalue weighted by Gasteiger charge is -2.14. The topological polar surface area (TPSA) is 103 Å². The van der Waals surface area contributed by atoms with Crippen molar-refractivity contribution < 1.29 is 8.42 Å². The summed E-state index contributed by atoms with van der Waals surface area (Å²) < 4.78 is 29.4. The van der Waals surface area contributed by atoms with E-state index in [0.29, 0.717) is 16.0 Å². The highest BCUT2D eigenvalue weighted by molar-refractivity contribution is 9.10. The van der Waals surface area contributed by atoms with Gasteiger partial charge in [-0.2, -0.15) is 0 Å². The van der Waals surface area contributed by atoms with Crippen molar-refractivity contribution in [3.05, 3.63) is 34.8 Å². The molecule has 0 bridgehead atoms. The quantitative estimate of drug-likeness (QED) is 0.798. The van der Waals surface area contributed by atoms with E-state index in [1.807, 2.05) is 0 Å². The first-order chi connectivity index (χ1) is 9.31. The third-order valence-corrected chi connectivity index (χ3v) is 5.25. The van der Waals surface area contributed by atoms with E-state index in [9.17, 15) is 8.42 Å². The Morgan fingerprint density at radius 2 is 2.15 bits per heavy atom. The van der Waals surface area contributed by atoms with Gasteiger partial charge < -0.3 is 10.3 Å². The number of halogens is 1. The molecule has 0 saturated carbocycles. The summed E-state index contributed by atoms with van der Waals surface area (Å²) >= 11 is 3.21. The minimum atomic E-state index is -3.71. The van der Waals surface area contributed by atoms with Gasteiger partial charge in [0.25, 0.3) is 0 Å². The number of nitrogen functional groups attached to an aromatic ring is 1. The Bertz CT molecular complexity index is 728. The summed E-state index contributed by atoms with van der Waals surface area (Å²) in [4.78, 5) is 0.0894.